The minimum absolute atomic E-state index is 0.167. The van der Waals surface area contributed by atoms with Crippen molar-refractivity contribution < 1.29 is 39.9 Å². The summed E-state index contributed by atoms with van der Waals surface area (Å²) < 4.78 is 0. The lowest BCUT2D eigenvalue weighted by molar-refractivity contribution is -0.170. The summed E-state index contributed by atoms with van der Waals surface area (Å²) in [6.07, 6.45) is 3.94. The Bertz CT molecular complexity index is 470. The number of aliphatic hydroxyl groups is 2. The van der Waals surface area contributed by atoms with Crippen LogP contribution in [-0.2, 0) is 14.4 Å². The Morgan fingerprint density at radius 2 is 1.38 bits per heavy atom. The van der Waals surface area contributed by atoms with Crippen LogP contribution in [0.3, 0.4) is 0 Å². The first kappa shape index (κ1) is 24.1. The van der Waals surface area contributed by atoms with E-state index in [-0.39, 0.29) is 6.61 Å². The smallest absolute Gasteiger partial charge is 0.336 e. The van der Waals surface area contributed by atoms with E-state index in [2.05, 4.69) is 26.8 Å². The summed E-state index contributed by atoms with van der Waals surface area (Å²) in [6, 6.07) is 0. The molecule has 0 heterocycles. The Balaban J connectivity index is 0. The molecule has 0 aromatic carbocycles. The van der Waals surface area contributed by atoms with Crippen LogP contribution < -0.4 is 0 Å². The van der Waals surface area contributed by atoms with Gasteiger partial charge in [0.1, 0.15) is 0 Å². The van der Waals surface area contributed by atoms with Crippen molar-refractivity contribution in [3.8, 4) is 0 Å². The number of hydrogen-bond donors (Lipinski definition) is 5. The number of hydrogen-bond acceptors (Lipinski definition) is 5. The summed E-state index contributed by atoms with van der Waals surface area (Å²) in [4.78, 5) is 30.5. The van der Waals surface area contributed by atoms with Gasteiger partial charge in [-0.1, -0.05) is 23.3 Å². The van der Waals surface area contributed by atoms with Crippen LogP contribution >= 0.6 is 0 Å². The van der Waals surface area contributed by atoms with Gasteiger partial charge in [-0.05, 0) is 33.6 Å². The lowest BCUT2D eigenvalue weighted by atomic mass is 9.96. The van der Waals surface area contributed by atoms with Gasteiger partial charge in [-0.15, -0.1) is 0 Å². The number of allylic oxidation sites excluding steroid dienone is 3. The van der Waals surface area contributed by atoms with Gasteiger partial charge < -0.3 is 25.5 Å². The summed E-state index contributed by atoms with van der Waals surface area (Å²) in [5.74, 6) is -5.02. The maximum absolute atomic E-state index is 10.3. The number of carboxylic acids is 3. The zero-order valence-corrected chi connectivity index (χ0v) is 14.2. The topological polar surface area (TPSA) is 152 Å². The van der Waals surface area contributed by atoms with Crippen LogP contribution in [0.25, 0.3) is 0 Å². The number of carboxylic acid groups (broad SMARTS) is 3. The maximum atomic E-state index is 10.3. The standard InChI is InChI=1S/C10H18O.C6H8O7/c1-9(2)5-4-6-10(3)7-8-11;7-3(8)1-6(13,5(11)12)2-4(9)10/h5,7,11H,4,6,8H2,1-3H3;13H,1-2H2,(H,7,8)(H,9,10)(H,11,12). The van der Waals surface area contributed by atoms with Crippen molar-refractivity contribution >= 4 is 17.9 Å². The molecule has 8 nitrogen and oxygen atoms in total. The van der Waals surface area contributed by atoms with Crippen LogP contribution in [0.1, 0.15) is 46.5 Å². The van der Waals surface area contributed by atoms with Gasteiger partial charge in [-0.3, -0.25) is 9.59 Å². The van der Waals surface area contributed by atoms with Gasteiger partial charge in [-0.2, -0.15) is 0 Å². The molecule has 0 saturated carbocycles. The molecule has 0 fully saturated rings. The summed E-state index contributed by atoms with van der Waals surface area (Å²) >= 11 is 0. The minimum Gasteiger partial charge on any atom is -0.481 e. The molecule has 24 heavy (non-hydrogen) atoms. The molecule has 8 heteroatoms. The van der Waals surface area contributed by atoms with Crippen LogP contribution in [0, 0.1) is 0 Å². The van der Waals surface area contributed by atoms with Gasteiger partial charge in [-0.25, -0.2) is 4.79 Å². The molecule has 0 saturated heterocycles. The van der Waals surface area contributed by atoms with Crippen molar-refractivity contribution in [2.75, 3.05) is 6.61 Å². The van der Waals surface area contributed by atoms with E-state index >= 15 is 0 Å². The molecule has 0 unspecified atom stereocenters. The monoisotopic (exact) mass is 346 g/mol. The predicted octanol–water partition coefficient (Wildman–Crippen LogP) is 1.42. The fourth-order valence-electron chi connectivity index (χ4n) is 1.56. The second kappa shape index (κ2) is 12.3. The second-order valence-electron chi connectivity index (χ2n) is 5.53. The average Bonchev–Trinajstić information content (AvgIpc) is 2.37. The number of rotatable bonds is 9. The quantitative estimate of drug-likeness (QED) is 0.393. The first-order valence-corrected chi connectivity index (χ1v) is 7.23. The normalized spacial score (nSPS) is 11.1. The number of carbonyl (C=O) groups is 3. The largest absolute Gasteiger partial charge is 0.481 e. The van der Waals surface area contributed by atoms with Gasteiger partial charge in [0.15, 0.2) is 5.60 Å². The summed E-state index contributed by atoms with van der Waals surface area (Å²) in [7, 11) is 0. The van der Waals surface area contributed by atoms with E-state index in [0.29, 0.717) is 0 Å². The van der Waals surface area contributed by atoms with Gasteiger partial charge in [0.05, 0.1) is 19.4 Å². The SMILES string of the molecule is CC(C)=CCCC(C)=CCO.O=C(O)CC(O)(CC(=O)O)C(=O)O. The number of aliphatic hydroxyl groups excluding tert-OH is 1. The van der Waals surface area contributed by atoms with E-state index in [1.54, 1.807) is 0 Å². The zero-order chi connectivity index (χ0) is 19.3. The number of aliphatic carboxylic acids is 3. The minimum atomic E-state index is -2.74. The van der Waals surface area contributed by atoms with E-state index in [1.165, 1.54) is 11.1 Å². The third-order valence-corrected chi connectivity index (χ3v) is 2.82. The fourth-order valence-corrected chi connectivity index (χ4v) is 1.56. The first-order valence-electron chi connectivity index (χ1n) is 7.23. The molecule has 0 aromatic rings. The molecule has 0 aliphatic carbocycles. The lowest BCUT2D eigenvalue weighted by Crippen LogP contribution is -2.42. The highest BCUT2D eigenvalue weighted by Crippen LogP contribution is 2.15. The Labute approximate surface area is 140 Å². The molecule has 0 bridgehead atoms. The average molecular weight is 346 g/mol. The third-order valence-electron chi connectivity index (χ3n) is 2.82. The van der Waals surface area contributed by atoms with Gasteiger partial charge in [0, 0.05) is 0 Å². The first-order chi connectivity index (χ1) is 10.9. The molecule has 0 amide bonds. The van der Waals surface area contributed by atoms with E-state index < -0.39 is 36.4 Å². The molecule has 0 aliphatic rings. The van der Waals surface area contributed by atoms with Gasteiger partial charge >= 0.3 is 17.9 Å². The molecule has 0 rings (SSSR count). The zero-order valence-electron chi connectivity index (χ0n) is 14.2. The van der Waals surface area contributed by atoms with E-state index in [0.717, 1.165) is 12.8 Å². The fraction of sp³-hybridized carbons (Fsp3) is 0.562. The highest BCUT2D eigenvalue weighted by Gasteiger charge is 2.40. The Kier molecular flexibility index (Phi) is 12.3. The third kappa shape index (κ3) is 13.5. The summed E-state index contributed by atoms with van der Waals surface area (Å²) in [5.41, 5.74) is -0.107. The Morgan fingerprint density at radius 1 is 0.917 bits per heavy atom. The van der Waals surface area contributed by atoms with Crippen molar-refractivity contribution in [1.29, 1.82) is 0 Å². The summed E-state index contributed by atoms with van der Waals surface area (Å²) in [5, 5.41) is 42.4. The summed E-state index contributed by atoms with van der Waals surface area (Å²) in [6.45, 7) is 6.42. The van der Waals surface area contributed by atoms with Gasteiger partial charge in [0.25, 0.3) is 0 Å². The molecule has 138 valence electrons. The second-order valence-corrected chi connectivity index (χ2v) is 5.53. The highest BCUT2D eigenvalue weighted by molar-refractivity contribution is 5.88. The van der Waals surface area contributed by atoms with Crippen molar-refractivity contribution in [3.05, 3.63) is 23.3 Å². The predicted molar refractivity (Wildman–Crippen MR) is 86.6 cm³/mol. The highest BCUT2D eigenvalue weighted by atomic mass is 16.4. The molecule has 0 aliphatic heterocycles. The molecule has 0 aromatic heterocycles. The molecule has 0 spiro atoms. The van der Waals surface area contributed by atoms with Crippen LogP contribution in [0.4, 0.5) is 0 Å². The molecule has 0 radical (unpaired) electrons. The van der Waals surface area contributed by atoms with Crippen molar-refractivity contribution in [2.24, 2.45) is 0 Å². The van der Waals surface area contributed by atoms with Crippen LogP contribution in [0.15, 0.2) is 23.3 Å². The molecular weight excluding hydrogens is 320 g/mol. The van der Waals surface area contributed by atoms with E-state index in [9.17, 15) is 14.4 Å². The van der Waals surface area contributed by atoms with Crippen LogP contribution in [0.5, 0.6) is 0 Å². The molecular formula is C16H26O8. The van der Waals surface area contributed by atoms with Crippen LogP contribution in [-0.4, -0.2) is 55.6 Å². The Morgan fingerprint density at radius 3 is 1.67 bits per heavy atom. The van der Waals surface area contributed by atoms with E-state index in [1.807, 2.05) is 6.08 Å². The molecule has 0 atom stereocenters. The van der Waals surface area contributed by atoms with Crippen molar-refractivity contribution in [1.82, 2.24) is 0 Å². The Hall–Kier alpha value is -2.19. The van der Waals surface area contributed by atoms with E-state index in [4.69, 9.17) is 25.5 Å². The van der Waals surface area contributed by atoms with Crippen molar-refractivity contribution in [2.45, 2.75) is 52.1 Å². The maximum Gasteiger partial charge on any atom is 0.336 e. The van der Waals surface area contributed by atoms with Crippen molar-refractivity contribution in [3.63, 3.8) is 0 Å². The lowest BCUT2D eigenvalue weighted by Gasteiger charge is -2.18. The van der Waals surface area contributed by atoms with Crippen LogP contribution in [0.2, 0.25) is 0 Å². The van der Waals surface area contributed by atoms with Gasteiger partial charge in [0.2, 0.25) is 0 Å². The molecule has 5 N–H and O–H groups in total.